The molecule has 2 amide bonds. The minimum Gasteiger partial charge on any atom is -0.497 e. The van der Waals surface area contributed by atoms with E-state index in [2.05, 4.69) is 10.6 Å². The predicted octanol–water partition coefficient (Wildman–Crippen LogP) is 4.02. The quantitative estimate of drug-likeness (QED) is 0.536. The Morgan fingerprint density at radius 1 is 0.938 bits per heavy atom. The van der Waals surface area contributed by atoms with Crippen LogP contribution in [-0.2, 0) is 17.8 Å². The van der Waals surface area contributed by atoms with E-state index in [1.165, 1.54) is 0 Å². The SMILES string of the molecule is COc1ccc(CC(=O)NC(=S)Nc2cccc(C(=O)N(C)Cc3ccccc3)c2)cc1. The van der Waals surface area contributed by atoms with E-state index in [1.54, 1.807) is 55.5 Å². The molecule has 0 saturated heterocycles. The molecular formula is C25H25N3O3S. The van der Waals surface area contributed by atoms with Gasteiger partial charge in [-0.1, -0.05) is 48.5 Å². The first-order chi connectivity index (χ1) is 15.4. The van der Waals surface area contributed by atoms with E-state index < -0.39 is 0 Å². The van der Waals surface area contributed by atoms with E-state index in [0.29, 0.717) is 17.8 Å². The average Bonchev–Trinajstić information content (AvgIpc) is 2.79. The third-order valence-electron chi connectivity index (χ3n) is 4.75. The summed E-state index contributed by atoms with van der Waals surface area (Å²) >= 11 is 5.26. The summed E-state index contributed by atoms with van der Waals surface area (Å²) in [6, 6.07) is 24.1. The Hall–Kier alpha value is -3.71. The lowest BCUT2D eigenvalue weighted by molar-refractivity contribution is -0.119. The highest BCUT2D eigenvalue weighted by atomic mass is 32.1. The molecule has 7 heteroatoms. The number of benzene rings is 3. The maximum absolute atomic E-state index is 12.8. The number of nitrogens with zero attached hydrogens (tertiary/aromatic N) is 1. The minimum atomic E-state index is -0.234. The number of rotatable bonds is 7. The molecule has 3 aromatic carbocycles. The van der Waals surface area contributed by atoms with E-state index in [-0.39, 0.29) is 23.3 Å². The number of nitrogens with one attached hydrogen (secondary N) is 2. The standard InChI is InChI=1S/C25H25N3O3S/c1-28(17-19-7-4-3-5-8-19)24(30)20-9-6-10-21(16-20)26-25(32)27-23(29)15-18-11-13-22(31-2)14-12-18/h3-14,16H,15,17H2,1-2H3,(H2,26,27,29,32). The van der Waals surface area contributed by atoms with Gasteiger partial charge in [0.25, 0.3) is 5.91 Å². The van der Waals surface area contributed by atoms with Crippen molar-refractivity contribution in [3.63, 3.8) is 0 Å². The molecule has 0 aliphatic carbocycles. The lowest BCUT2D eigenvalue weighted by Gasteiger charge is -2.18. The number of methoxy groups -OCH3 is 1. The van der Waals surface area contributed by atoms with Crippen molar-refractivity contribution in [3.8, 4) is 5.75 Å². The average molecular weight is 448 g/mol. The van der Waals surface area contributed by atoms with Gasteiger partial charge in [0.2, 0.25) is 5.91 Å². The van der Waals surface area contributed by atoms with E-state index in [9.17, 15) is 9.59 Å². The number of anilines is 1. The van der Waals surface area contributed by atoms with E-state index in [1.807, 2.05) is 42.5 Å². The van der Waals surface area contributed by atoms with Gasteiger partial charge in [0.15, 0.2) is 5.11 Å². The molecule has 3 rings (SSSR count). The van der Waals surface area contributed by atoms with Crippen molar-refractivity contribution in [2.24, 2.45) is 0 Å². The van der Waals surface area contributed by atoms with Crippen molar-refractivity contribution in [3.05, 3.63) is 95.6 Å². The molecule has 0 aromatic heterocycles. The van der Waals surface area contributed by atoms with Crippen LogP contribution in [0, 0.1) is 0 Å². The number of thiocarbonyl (C=S) groups is 1. The molecule has 0 spiro atoms. The predicted molar refractivity (Wildman–Crippen MR) is 130 cm³/mol. The van der Waals surface area contributed by atoms with Crippen LogP contribution in [0.15, 0.2) is 78.9 Å². The van der Waals surface area contributed by atoms with Gasteiger partial charge in [-0.3, -0.25) is 9.59 Å². The first kappa shape index (κ1) is 23.0. The molecule has 0 aliphatic heterocycles. The van der Waals surface area contributed by atoms with E-state index >= 15 is 0 Å². The van der Waals surface area contributed by atoms with Crippen LogP contribution >= 0.6 is 12.2 Å². The highest BCUT2D eigenvalue weighted by Crippen LogP contribution is 2.14. The maximum atomic E-state index is 12.8. The molecule has 0 atom stereocenters. The van der Waals surface area contributed by atoms with Crippen molar-refractivity contribution < 1.29 is 14.3 Å². The van der Waals surface area contributed by atoms with Crippen LogP contribution in [0.4, 0.5) is 5.69 Å². The van der Waals surface area contributed by atoms with Crippen molar-refractivity contribution in [1.29, 1.82) is 0 Å². The van der Waals surface area contributed by atoms with Gasteiger partial charge in [0.1, 0.15) is 5.75 Å². The normalized spacial score (nSPS) is 10.2. The third kappa shape index (κ3) is 6.65. The lowest BCUT2D eigenvalue weighted by atomic mass is 10.1. The minimum absolute atomic E-state index is 0.105. The van der Waals surface area contributed by atoms with Crippen LogP contribution in [0.5, 0.6) is 5.75 Å². The number of hydrogen-bond acceptors (Lipinski definition) is 4. The summed E-state index contributed by atoms with van der Waals surface area (Å²) in [5.74, 6) is 0.393. The van der Waals surface area contributed by atoms with E-state index in [0.717, 1.165) is 16.9 Å². The second kappa shape index (κ2) is 11.1. The summed E-state index contributed by atoms with van der Waals surface area (Å²) in [7, 11) is 3.36. The molecule has 0 saturated carbocycles. The summed E-state index contributed by atoms with van der Waals surface area (Å²) in [5, 5.41) is 5.81. The lowest BCUT2D eigenvalue weighted by Crippen LogP contribution is -2.35. The Kier molecular flexibility index (Phi) is 7.94. The molecule has 0 unspecified atom stereocenters. The van der Waals surface area contributed by atoms with Gasteiger partial charge in [-0.05, 0) is 53.7 Å². The Morgan fingerprint density at radius 2 is 1.66 bits per heavy atom. The first-order valence-corrected chi connectivity index (χ1v) is 10.5. The number of amides is 2. The molecule has 164 valence electrons. The molecule has 6 nitrogen and oxygen atoms in total. The van der Waals surface area contributed by atoms with E-state index in [4.69, 9.17) is 17.0 Å². The Bertz CT molecular complexity index is 1090. The van der Waals surface area contributed by atoms with Crippen LogP contribution < -0.4 is 15.4 Å². The van der Waals surface area contributed by atoms with Crippen LogP contribution in [0.3, 0.4) is 0 Å². The van der Waals surface area contributed by atoms with Gasteiger partial charge in [-0.25, -0.2) is 0 Å². The molecule has 0 bridgehead atoms. The summed E-state index contributed by atoms with van der Waals surface area (Å²) in [4.78, 5) is 26.7. The van der Waals surface area contributed by atoms with Gasteiger partial charge in [0, 0.05) is 24.8 Å². The number of ether oxygens (including phenoxy) is 1. The zero-order valence-corrected chi connectivity index (χ0v) is 18.8. The first-order valence-electron chi connectivity index (χ1n) is 10.1. The zero-order valence-electron chi connectivity index (χ0n) is 18.0. The topological polar surface area (TPSA) is 70.7 Å². The van der Waals surface area contributed by atoms with Gasteiger partial charge in [0.05, 0.1) is 13.5 Å². The van der Waals surface area contributed by atoms with Crippen molar-refractivity contribution in [1.82, 2.24) is 10.2 Å². The fourth-order valence-corrected chi connectivity index (χ4v) is 3.37. The molecule has 0 radical (unpaired) electrons. The second-order valence-corrected chi connectivity index (χ2v) is 7.66. The largest absolute Gasteiger partial charge is 0.497 e. The van der Waals surface area contributed by atoms with Crippen molar-refractivity contribution in [2.75, 3.05) is 19.5 Å². The van der Waals surface area contributed by atoms with Crippen LogP contribution in [0.1, 0.15) is 21.5 Å². The van der Waals surface area contributed by atoms with Crippen LogP contribution in [-0.4, -0.2) is 36.0 Å². The van der Waals surface area contributed by atoms with Crippen molar-refractivity contribution >= 4 is 34.8 Å². The molecule has 32 heavy (non-hydrogen) atoms. The van der Waals surface area contributed by atoms with Crippen LogP contribution in [0.25, 0.3) is 0 Å². The highest BCUT2D eigenvalue weighted by Gasteiger charge is 2.13. The fourth-order valence-electron chi connectivity index (χ4n) is 3.14. The van der Waals surface area contributed by atoms with Gasteiger partial charge in [-0.2, -0.15) is 0 Å². The number of carbonyl (C=O) groups excluding carboxylic acids is 2. The second-order valence-electron chi connectivity index (χ2n) is 7.25. The fraction of sp³-hybridized carbons (Fsp3) is 0.160. The summed E-state index contributed by atoms with van der Waals surface area (Å²) in [5.41, 5.74) is 3.05. The molecule has 0 aliphatic rings. The molecule has 2 N–H and O–H groups in total. The van der Waals surface area contributed by atoms with Gasteiger partial charge < -0.3 is 20.3 Å². The Balaban J connectivity index is 1.55. The maximum Gasteiger partial charge on any atom is 0.253 e. The molecular weight excluding hydrogens is 422 g/mol. The molecule has 0 heterocycles. The zero-order chi connectivity index (χ0) is 22.9. The smallest absolute Gasteiger partial charge is 0.253 e. The monoisotopic (exact) mass is 447 g/mol. The van der Waals surface area contributed by atoms with Crippen molar-refractivity contribution in [2.45, 2.75) is 13.0 Å². The molecule has 0 fully saturated rings. The third-order valence-corrected chi connectivity index (χ3v) is 4.96. The number of hydrogen-bond donors (Lipinski definition) is 2. The Morgan fingerprint density at radius 3 is 2.34 bits per heavy atom. The van der Waals surface area contributed by atoms with Gasteiger partial charge >= 0.3 is 0 Å². The van der Waals surface area contributed by atoms with Gasteiger partial charge in [-0.15, -0.1) is 0 Å². The highest BCUT2D eigenvalue weighted by molar-refractivity contribution is 7.80. The molecule has 3 aromatic rings. The van der Waals surface area contributed by atoms with Crippen LogP contribution in [0.2, 0.25) is 0 Å². The summed E-state index contributed by atoms with van der Waals surface area (Å²) in [6.07, 6.45) is 0.189. The summed E-state index contributed by atoms with van der Waals surface area (Å²) < 4.78 is 5.12. The summed E-state index contributed by atoms with van der Waals surface area (Å²) in [6.45, 7) is 0.511. The Labute approximate surface area is 193 Å². The number of carbonyl (C=O) groups is 2.